The molecule has 0 fully saturated rings. The quantitative estimate of drug-likeness (QED) is 0.538. The minimum absolute atomic E-state index is 0.0491. The highest BCUT2D eigenvalue weighted by atomic mass is 35.5. The van der Waals surface area contributed by atoms with E-state index >= 15 is 0 Å². The van der Waals surface area contributed by atoms with Crippen LogP contribution < -0.4 is 16.4 Å². The zero-order chi connectivity index (χ0) is 15.3. The lowest BCUT2D eigenvalue weighted by Gasteiger charge is -2.11. The summed E-state index contributed by atoms with van der Waals surface area (Å²) in [6, 6.07) is 1.81. The number of aliphatic carboxylic acids is 1. The number of halogens is 1. The fourth-order valence-corrected chi connectivity index (χ4v) is 1.38. The molecule has 0 heterocycles. The zero-order valence-corrected chi connectivity index (χ0v) is 10.8. The third-order valence-electron chi connectivity index (χ3n) is 2.26. The van der Waals surface area contributed by atoms with Gasteiger partial charge in [-0.2, -0.15) is 0 Å². The minimum Gasteiger partial charge on any atom is -0.480 e. The Morgan fingerprint density at radius 1 is 1.30 bits per heavy atom. The summed E-state index contributed by atoms with van der Waals surface area (Å²) in [6.45, 7) is -0.280. The highest BCUT2D eigenvalue weighted by Gasteiger charge is 2.14. The van der Waals surface area contributed by atoms with Gasteiger partial charge in [-0.3, -0.25) is 4.79 Å². The van der Waals surface area contributed by atoms with Crippen LogP contribution >= 0.6 is 11.6 Å². The number of amides is 2. The topological polar surface area (TPSA) is 142 Å². The molecule has 2 amide bonds. The lowest BCUT2D eigenvalue weighted by atomic mass is 10.2. The van der Waals surface area contributed by atoms with Crippen molar-refractivity contribution in [2.75, 3.05) is 11.9 Å². The Labute approximate surface area is 118 Å². The molecule has 1 aromatic rings. The van der Waals surface area contributed by atoms with E-state index in [0.29, 0.717) is 0 Å². The van der Waals surface area contributed by atoms with Crippen molar-refractivity contribution in [3.63, 3.8) is 0 Å². The number of carbonyl (C=O) groups excluding carboxylic acids is 1. The summed E-state index contributed by atoms with van der Waals surface area (Å²) in [7, 11) is 0. The Bertz CT molecular complexity index is 549. The first-order chi connectivity index (χ1) is 9.31. The standard InChI is InChI=1S/C11H12ClN3O5/c12-6-2-1-5(9(16)17)3-8(6)15-11(20)14-4-7(13)10(18)19/h1-3,7H,4,13H2,(H,16,17)(H,18,19)(H2,14,15,20). The first kappa shape index (κ1) is 15.7. The number of nitrogens with two attached hydrogens (primary N) is 1. The summed E-state index contributed by atoms with van der Waals surface area (Å²) < 4.78 is 0. The number of rotatable bonds is 5. The Hall–Kier alpha value is -2.32. The van der Waals surface area contributed by atoms with Crippen molar-refractivity contribution in [1.29, 1.82) is 0 Å². The first-order valence-corrected chi connectivity index (χ1v) is 5.75. The molecule has 0 bridgehead atoms. The van der Waals surface area contributed by atoms with E-state index in [1.807, 2.05) is 0 Å². The highest BCUT2D eigenvalue weighted by Crippen LogP contribution is 2.22. The van der Waals surface area contributed by atoms with Crippen molar-refractivity contribution in [2.24, 2.45) is 5.73 Å². The van der Waals surface area contributed by atoms with Gasteiger partial charge in [-0.1, -0.05) is 11.6 Å². The summed E-state index contributed by atoms with van der Waals surface area (Å²) in [4.78, 5) is 32.7. The van der Waals surface area contributed by atoms with E-state index in [2.05, 4.69) is 10.6 Å². The molecule has 20 heavy (non-hydrogen) atoms. The van der Waals surface area contributed by atoms with E-state index in [-0.39, 0.29) is 22.8 Å². The van der Waals surface area contributed by atoms with Crippen LogP contribution in [0.1, 0.15) is 10.4 Å². The molecule has 0 aliphatic rings. The average molecular weight is 302 g/mol. The molecule has 0 saturated carbocycles. The fourth-order valence-electron chi connectivity index (χ4n) is 1.21. The van der Waals surface area contributed by atoms with Gasteiger partial charge in [0.05, 0.1) is 16.3 Å². The maximum atomic E-state index is 11.5. The van der Waals surface area contributed by atoms with Gasteiger partial charge < -0.3 is 26.6 Å². The molecule has 0 saturated heterocycles. The summed E-state index contributed by atoms with van der Waals surface area (Å²) in [5.41, 5.74) is 5.25. The minimum atomic E-state index is -1.25. The summed E-state index contributed by atoms with van der Waals surface area (Å²) in [5, 5.41) is 22.0. The van der Waals surface area contributed by atoms with E-state index in [0.717, 1.165) is 0 Å². The van der Waals surface area contributed by atoms with Crippen LogP contribution in [0, 0.1) is 0 Å². The van der Waals surface area contributed by atoms with Crippen molar-refractivity contribution < 1.29 is 24.6 Å². The number of urea groups is 1. The van der Waals surface area contributed by atoms with Crippen LogP contribution in [0.3, 0.4) is 0 Å². The second kappa shape index (κ2) is 6.73. The zero-order valence-electron chi connectivity index (χ0n) is 10.1. The molecule has 1 unspecified atom stereocenters. The van der Waals surface area contributed by atoms with Crippen LogP contribution in [0.5, 0.6) is 0 Å². The fraction of sp³-hybridized carbons (Fsp3) is 0.182. The van der Waals surface area contributed by atoms with Gasteiger partial charge in [0.1, 0.15) is 6.04 Å². The van der Waals surface area contributed by atoms with Gasteiger partial charge in [-0.15, -0.1) is 0 Å². The Balaban J connectivity index is 2.68. The molecule has 6 N–H and O–H groups in total. The molecule has 108 valence electrons. The molecule has 0 spiro atoms. The van der Waals surface area contributed by atoms with Crippen molar-refractivity contribution in [3.8, 4) is 0 Å². The number of aromatic carboxylic acids is 1. The Kier molecular flexibility index (Phi) is 5.30. The van der Waals surface area contributed by atoms with Crippen LogP contribution in [0.25, 0.3) is 0 Å². The van der Waals surface area contributed by atoms with Gasteiger partial charge in [0.15, 0.2) is 0 Å². The van der Waals surface area contributed by atoms with Crippen LogP contribution in [-0.4, -0.2) is 40.8 Å². The molecule has 9 heteroatoms. The number of nitrogens with one attached hydrogen (secondary N) is 2. The SMILES string of the molecule is NC(CNC(=O)Nc1cc(C(=O)O)ccc1Cl)C(=O)O. The predicted molar refractivity (Wildman–Crippen MR) is 71.0 cm³/mol. The van der Waals surface area contributed by atoms with Crippen molar-refractivity contribution >= 4 is 35.3 Å². The predicted octanol–water partition coefficient (Wildman–Crippen LogP) is 0.572. The van der Waals surface area contributed by atoms with Crippen LogP contribution in [0.15, 0.2) is 18.2 Å². The second-order valence-electron chi connectivity index (χ2n) is 3.78. The molecule has 1 rings (SSSR count). The first-order valence-electron chi connectivity index (χ1n) is 5.37. The van der Waals surface area contributed by atoms with Gasteiger partial charge in [0.2, 0.25) is 0 Å². The smallest absolute Gasteiger partial charge is 0.335 e. The number of carbonyl (C=O) groups is 3. The van der Waals surface area contributed by atoms with E-state index < -0.39 is 24.0 Å². The average Bonchev–Trinajstić information content (AvgIpc) is 2.38. The molecule has 1 atom stereocenters. The number of anilines is 1. The summed E-state index contributed by atoms with van der Waals surface area (Å²) in [5.74, 6) is -2.42. The molecule has 1 aromatic carbocycles. The monoisotopic (exact) mass is 301 g/mol. The van der Waals surface area contributed by atoms with Crippen molar-refractivity contribution in [1.82, 2.24) is 5.32 Å². The molecular weight excluding hydrogens is 290 g/mol. The summed E-state index contributed by atoms with van der Waals surface area (Å²) in [6.07, 6.45) is 0. The van der Waals surface area contributed by atoms with Gasteiger partial charge in [-0.05, 0) is 18.2 Å². The molecule has 0 radical (unpaired) electrons. The second-order valence-corrected chi connectivity index (χ2v) is 4.19. The Morgan fingerprint density at radius 2 is 1.95 bits per heavy atom. The molecule has 0 aromatic heterocycles. The molecule has 0 aliphatic carbocycles. The number of benzene rings is 1. The molecule has 0 aliphatic heterocycles. The van der Waals surface area contributed by atoms with Crippen LogP contribution in [0.4, 0.5) is 10.5 Å². The third-order valence-corrected chi connectivity index (χ3v) is 2.59. The molecule has 8 nitrogen and oxygen atoms in total. The lowest BCUT2D eigenvalue weighted by Crippen LogP contribution is -2.43. The maximum absolute atomic E-state index is 11.5. The maximum Gasteiger partial charge on any atom is 0.335 e. The van der Waals surface area contributed by atoms with E-state index in [4.69, 9.17) is 27.5 Å². The van der Waals surface area contributed by atoms with Crippen LogP contribution in [0.2, 0.25) is 5.02 Å². The Morgan fingerprint density at radius 3 is 2.50 bits per heavy atom. The number of hydrogen-bond acceptors (Lipinski definition) is 4. The van der Waals surface area contributed by atoms with Crippen molar-refractivity contribution in [2.45, 2.75) is 6.04 Å². The van der Waals surface area contributed by atoms with Gasteiger partial charge in [0, 0.05) is 6.54 Å². The summed E-state index contributed by atoms with van der Waals surface area (Å²) >= 11 is 5.80. The lowest BCUT2D eigenvalue weighted by molar-refractivity contribution is -0.138. The third kappa shape index (κ3) is 4.41. The van der Waals surface area contributed by atoms with E-state index in [1.165, 1.54) is 18.2 Å². The largest absolute Gasteiger partial charge is 0.480 e. The number of carboxylic acid groups (broad SMARTS) is 2. The van der Waals surface area contributed by atoms with Gasteiger partial charge >= 0.3 is 18.0 Å². The van der Waals surface area contributed by atoms with Crippen molar-refractivity contribution in [3.05, 3.63) is 28.8 Å². The number of carboxylic acids is 2. The van der Waals surface area contributed by atoms with E-state index in [1.54, 1.807) is 0 Å². The highest BCUT2D eigenvalue weighted by molar-refractivity contribution is 6.33. The van der Waals surface area contributed by atoms with Gasteiger partial charge in [-0.25, -0.2) is 9.59 Å². The molecular formula is C11H12ClN3O5. The van der Waals surface area contributed by atoms with Crippen LogP contribution in [-0.2, 0) is 4.79 Å². The van der Waals surface area contributed by atoms with Gasteiger partial charge in [0.25, 0.3) is 0 Å². The van der Waals surface area contributed by atoms with E-state index in [9.17, 15) is 14.4 Å². The normalized spacial score (nSPS) is 11.5. The number of hydrogen-bond donors (Lipinski definition) is 5.